The van der Waals surface area contributed by atoms with E-state index in [1.807, 2.05) is 42.5 Å². The van der Waals surface area contributed by atoms with Crippen molar-refractivity contribution in [1.82, 2.24) is 19.4 Å². The molecule has 0 aliphatic rings. The van der Waals surface area contributed by atoms with Gasteiger partial charge < -0.3 is 10.1 Å². The van der Waals surface area contributed by atoms with Crippen molar-refractivity contribution in [1.29, 1.82) is 0 Å². The van der Waals surface area contributed by atoms with Crippen molar-refractivity contribution in [3.8, 4) is 5.75 Å². The quantitative estimate of drug-likeness (QED) is 0.452. The number of hydrogen-bond acceptors (Lipinski definition) is 5. The number of nitrogens with zero attached hydrogens (tertiary/aromatic N) is 3. The van der Waals surface area contributed by atoms with Gasteiger partial charge in [0, 0.05) is 12.7 Å². The summed E-state index contributed by atoms with van der Waals surface area (Å²) < 4.78 is 7.65. The lowest BCUT2D eigenvalue weighted by Crippen LogP contribution is -2.44. The maximum Gasteiger partial charge on any atom is 0.318 e. The number of methoxy groups -OCH3 is 1. The molecule has 8 nitrogen and oxygen atoms in total. The van der Waals surface area contributed by atoms with E-state index in [0.717, 1.165) is 16.9 Å². The average Bonchev–Trinajstić information content (AvgIpc) is 2.84. The van der Waals surface area contributed by atoms with E-state index in [-0.39, 0.29) is 19.0 Å². The van der Waals surface area contributed by atoms with Crippen molar-refractivity contribution < 1.29 is 9.53 Å². The van der Waals surface area contributed by atoms with Gasteiger partial charge in [-0.2, -0.15) is 0 Å². The molecule has 2 aromatic carbocycles. The maximum atomic E-state index is 12.9. The van der Waals surface area contributed by atoms with Gasteiger partial charge in [0.15, 0.2) is 5.65 Å². The largest absolute Gasteiger partial charge is 0.497 e. The number of fused-ring (bicyclic) bond motifs is 1. The fourth-order valence-electron chi connectivity index (χ4n) is 3.46. The second-order valence-corrected chi connectivity index (χ2v) is 7.24. The smallest absolute Gasteiger partial charge is 0.318 e. The molecule has 1 N–H and O–H groups in total. The molecule has 0 fully saturated rings. The molecule has 2 heterocycles. The molecule has 0 radical (unpaired) electrons. The Morgan fingerprint density at radius 1 is 0.906 bits per heavy atom. The Morgan fingerprint density at radius 3 is 2.34 bits per heavy atom. The molecule has 0 atom stereocenters. The zero-order chi connectivity index (χ0) is 22.5. The van der Waals surface area contributed by atoms with Crippen molar-refractivity contribution in [2.75, 3.05) is 7.11 Å². The summed E-state index contributed by atoms with van der Waals surface area (Å²) in [5, 5.41) is 2.78. The van der Waals surface area contributed by atoms with Crippen LogP contribution in [0.15, 0.2) is 82.5 Å². The van der Waals surface area contributed by atoms with E-state index in [1.54, 1.807) is 37.6 Å². The normalized spacial score (nSPS) is 10.8. The number of hydrogen-bond donors (Lipinski definition) is 1. The van der Waals surface area contributed by atoms with Gasteiger partial charge in [0.1, 0.15) is 12.3 Å². The molecule has 162 valence electrons. The predicted molar refractivity (Wildman–Crippen MR) is 121 cm³/mol. The first-order valence-electron chi connectivity index (χ1n) is 10.1. The molecule has 0 spiro atoms. The van der Waals surface area contributed by atoms with Crippen LogP contribution in [0.5, 0.6) is 5.75 Å². The van der Waals surface area contributed by atoms with E-state index in [2.05, 4.69) is 10.3 Å². The van der Waals surface area contributed by atoms with Crippen LogP contribution in [0.3, 0.4) is 0 Å². The minimum atomic E-state index is -0.763. The Bertz CT molecular complexity index is 1360. The molecule has 0 saturated carbocycles. The summed E-state index contributed by atoms with van der Waals surface area (Å²) in [5.41, 5.74) is 1.05. The van der Waals surface area contributed by atoms with Gasteiger partial charge >= 0.3 is 11.1 Å². The van der Waals surface area contributed by atoms with Gasteiger partial charge in [-0.25, -0.2) is 4.98 Å². The first kappa shape index (κ1) is 21.0. The van der Waals surface area contributed by atoms with Crippen molar-refractivity contribution in [2.24, 2.45) is 0 Å². The van der Waals surface area contributed by atoms with Gasteiger partial charge in [-0.15, -0.1) is 0 Å². The van der Waals surface area contributed by atoms with Crippen molar-refractivity contribution >= 4 is 17.1 Å². The van der Waals surface area contributed by atoms with Gasteiger partial charge in [-0.1, -0.05) is 42.5 Å². The van der Waals surface area contributed by atoms with Gasteiger partial charge in [-0.3, -0.25) is 23.5 Å². The Labute approximate surface area is 183 Å². The third-order valence-corrected chi connectivity index (χ3v) is 5.12. The lowest BCUT2D eigenvalue weighted by atomic mass is 10.2. The molecule has 0 aliphatic carbocycles. The monoisotopic (exact) mass is 430 g/mol. The lowest BCUT2D eigenvalue weighted by molar-refractivity contribution is -0.121. The number of rotatable bonds is 7. The zero-order valence-corrected chi connectivity index (χ0v) is 17.5. The third kappa shape index (κ3) is 4.44. The first-order valence-corrected chi connectivity index (χ1v) is 10.1. The molecular formula is C24H22N4O4. The minimum absolute atomic E-state index is 0.215. The summed E-state index contributed by atoms with van der Waals surface area (Å²) in [4.78, 5) is 42.6. The van der Waals surface area contributed by atoms with Gasteiger partial charge in [0.25, 0.3) is 0 Å². The standard InChI is InChI=1S/C24H22N4O4/c1-32-19-11-9-17(10-12-19)14-26-21(29)16-27-20-8-5-13-25-22(20)28(24(31)23(27)30)15-18-6-3-2-4-7-18/h2-13H,14-16H2,1H3,(H,26,29). The number of ether oxygens (including phenoxy) is 1. The van der Waals surface area contributed by atoms with E-state index in [1.165, 1.54) is 9.13 Å². The van der Waals surface area contributed by atoms with Crippen molar-refractivity contribution in [2.45, 2.75) is 19.6 Å². The number of carbonyl (C=O) groups is 1. The number of amides is 1. The molecule has 8 heteroatoms. The Hall–Kier alpha value is -4.20. The fourth-order valence-corrected chi connectivity index (χ4v) is 3.46. The van der Waals surface area contributed by atoms with Crippen LogP contribution in [0.25, 0.3) is 11.2 Å². The van der Waals surface area contributed by atoms with E-state index < -0.39 is 11.1 Å². The molecule has 2 aromatic heterocycles. The summed E-state index contributed by atoms with van der Waals surface area (Å²) >= 11 is 0. The Morgan fingerprint density at radius 2 is 1.62 bits per heavy atom. The number of aromatic nitrogens is 3. The van der Waals surface area contributed by atoms with Gasteiger partial charge in [0.2, 0.25) is 5.91 Å². The summed E-state index contributed by atoms with van der Waals surface area (Å²) in [5.74, 6) is 0.343. The van der Waals surface area contributed by atoms with Crippen LogP contribution < -0.4 is 21.2 Å². The van der Waals surface area contributed by atoms with E-state index >= 15 is 0 Å². The number of carbonyl (C=O) groups excluding carboxylic acids is 1. The summed E-state index contributed by atoms with van der Waals surface area (Å²) in [6.45, 7) is 0.227. The molecule has 1 amide bonds. The molecular weight excluding hydrogens is 408 g/mol. The first-order chi connectivity index (χ1) is 15.6. The summed E-state index contributed by atoms with van der Waals surface area (Å²) in [6, 6.07) is 20.0. The van der Waals surface area contributed by atoms with Crippen LogP contribution in [0.1, 0.15) is 11.1 Å². The Kier molecular flexibility index (Phi) is 6.12. The molecule has 32 heavy (non-hydrogen) atoms. The van der Waals surface area contributed by atoms with Crippen LogP contribution in [-0.2, 0) is 24.4 Å². The van der Waals surface area contributed by atoms with Crippen LogP contribution >= 0.6 is 0 Å². The van der Waals surface area contributed by atoms with E-state index in [4.69, 9.17) is 4.74 Å². The molecule has 0 aliphatic heterocycles. The van der Waals surface area contributed by atoms with Gasteiger partial charge in [0.05, 0.1) is 19.2 Å². The number of pyridine rings is 1. The van der Waals surface area contributed by atoms with Crippen LogP contribution in [0.2, 0.25) is 0 Å². The van der Waals surface area contributed by atoms with E-state index in [0.29, 0.717) is 17.7 Å². The highest BCUT2D eigenvalue weighted by Gasteiger charge is 2.16. The zero-order valence-electron chi connectivity index (χ0n) is 17.5. The Balaban J connectivity index is 1.60. The molecule has 0 saturated heterocycles. The predicted octanol–water partition coefficient (Wildman–Crippen LogP) is 1.93. The highest BCUT2D eigenvalue weighted by molar-refractivity contribution is 5.78. The third-order valence-electron chi connectivity index (χ3n) is 5.12. The van der Waals surface area contributed by atoms with Gasteiger partial charge in [-0.05, 0) is 35.4 Å². The average molecular weight is 430 g/mol. The molecule has 0 bridgehead atoms. The highest BCUT2D eigenvalue weighted by Crippen LogP contribution is 2.12. The molecule has 0 unspecified atom stereocenters. The second kappa shape index (κ2) is 9.30. The summed E-state index contributed by atoms with van der Waals surface area (Å²) in [6.07, 6.45) is 1.56. The molecule has 4 aromatic rings. The van der Waals surface area contributed by atoms with Crippen molar-refractivity contribution in [3.05, 3.63) is 105 Å². The number of nitrogens with one attached hydrogen (secondary N) is 1. The summed E-state index contributed by atoms with van der Waals surface area (Å²) in [7, 11) is 1.58. The van der Waals surface area contributed by atoms with Crippen LogP contribution in [-0.4, -0.2) is 27.1 Å². The molecule has 4 rings (SSSR count). The van der Waals surface area contributed by atoms with Crippen LogP contribution in [0.4, 0.5) is 0 Å². The van der Waals surface area contributed by atoms with E-state index in [9.17, 15) is 14.4 Å². The maximum absolute atomic E-state index is 12.9. The number of benzene rings is 2. The SMILES string of the molecule is COc1ccc(CNC(=O)Cn2c(=O)c(=O)n(Cc3ccccc3)c3ncccc32)cc1. The fraction of sp³-hybridized carbons (Fsp3) is 0.167. The van der Waals surface area contributed by atoms with Crippen molar-refractivity contribution in [3.63, 3.8) is 0 Å². The topological polar surface area (TPSA) is 95.2 Å². The highest BCUT2D eigenvalue weighted by atomic mass is 16.5. The lowest BCUT2D eigenvalue weighted by Gasteiger charge is -2.14. The van der Waals surface area contributed by atoms with Crippen LogP contribution in [0, 0.1) is 0 Å². The second-order valence-electron chi connectivity index (χ2n) is 7.24. The minimum Gasteiger partial charge on any atom is -0.497 e.